The normalized spacial score (nSPS) is 11.1. The van der Waals surface area contributed by atoms with Crippen molar-refractivity contribution < 1.29 is 23.9 Å². The van der Waals surface area contributed by atoms with Crippen LogP contribution in [0, 0.1) is 5.92 Å². The number of benzene rings is 1. The molecule has 2 amide bonds. The molecule has 0 saturated heterocycles. The van der Waals surface area contributed by atoms with Crippen molar-refractivity contribution in [3.05, 3.63) is 24.3 Å². The first-order valence-electron chi connectivity index (χ1n) is 8.05. The van der Waals surface area contributed by atoms with E-state index in [2.05, 4.69) is 10.6 Å². The molecule has 1 aromatic rings. The molecule has 0 fully saturated rings. The first kappa shape index (κ1) is 23.7. The molecule has 0 aliphatic heterocycles. The van der Waals surface area contributed by atoms with Crippen LogP contribution in [0.1, 0.15) is 20.8 Å². The summed E-state index contributed by atoms with van der Waals surface area (Å²) in [6, 6.07) is 5.89. The van der Waals surface area contributed by atoms with E-state index < -0.39 is 17.9 Å². The summed E-state index contributed by atoms with van der Waals surface area (Å²) in [5, 5.41) is 5.11. The van der Waals surface area contributed by atoms with Gasteiger partial charge in [-0.15, -0.1) is 12.4 Å². The Hall–Kier alpha value is -2.32. The van der Waals surface area contributed by atoms with Crippen molar-refractivity contribution in [3.8, 4) is 5.75 Å². The molecule has 146 valence electrons. The molecule has 0 aromatic heterocycles. The molecule has 1 atom stereocenters. The summed E-state index contributed by atoms with van der Waals surface area (Å²) in [5.74, 6) is -0.849. The summed E-state index contributed by atoms with van der Waals surface area (Å²) >= 11 is 0. The number of hydrogen-bond acceptors (Lipinski definition) is 6. The van der Waals surface area contributed by atoms with Crippen LogP contribution in [0.2, 0.25) is 0 Å². The standard InChI is InChI=1S/C17H25N3O5.ClH/c1-4-24-15(22)10-25-13-7-5-6-12(8-13)20-14(21)9-19-17(23)16(18)11(2)3;/h5-8,11,16H,4,9-10,18H2,1-3H3,(H,19,23)(H,20,21);1H/t16-;/m0./s1. The number of rotatable bonds is 9. The van der Waals surface area contributed by atoms with Crippen LogP contribution in [-0.4, -0.2) is 43.6 Å². The Bertz CT molecular complexity index is 610. The SMILES string of the molecule is CCOC(=O)COc1cccc(NC(=O)CNC(=O)[C@@H](N)C(C)C)c1.Cl. The molecule has 0 aliphatic carbocycles. The molecular weight excluding hydrogens is 362 g/mol. The fourth-order valence-corrected chi connectivity index (χ4v) is 1.80. The third kappa shape index (κ3) is 8.68. The van der Waals surface area contributed by atoms with Crippen molar-refractivity contribution in [1.29, 1.82) is 0 Å². The molecular formula is C17H26ClN3O5. The van der Waals surface area contributed by atoms with Gasteiger partial charge in [-0.1, -0.05) is 19.9 Å². The Labute approximate surface area is 159 Å². The monoisotopic (exact) mass is 387 g/mol. The molecule has 0 saturated carbocycles. The smallest absolute Gasteiger partial charge is 0.344 e. The fourth-order valence-electron chi connectivity index (χ4n) is 1.80. The number of nitrogens with one attached hydrogen (secondary N) is 2. The number of carbonyl (C=O) groups is 3. The molecule has 4 N–H and O–H groups in total. The Morgan fingerprint density at radius 3 is 2.54 bits per heavy atom. The Kier molecular flexibility index (Phi) is 11.0. The van der Waals surface area contributed by atoms with E-state index in [4.69, 9.17) is 15.2 Å². The van der Waals surface area contributed by atoms with Crippen LogP contribution in [-0.2, 0) is 19.1 Å². The summed E-state index contributed by atoms with van der Waals surface area (Å²) in [6.45, 7) is 5.24. The second-order valence-corrected chi connectivity index (χ2v) is 5.66. The van der Waals surface area contributed by atoms with E-state index >= 15 is 0 Å². The Morgan fingerprint density at radius 1 is 1.23 bits per heavy atom. The van der Waals surface area contributed by atoms with Gasteiger partial charge in [0.1, 0.15) is 5.75 Å². The zero-order valence-corrected chi connectivity index (χ0v) is 15.9. The number of anilines is 1. The summed E-state index contributed by atoms with van der Waals surface area (Å²) < 4.78 is 10.1. The Balaban J connectivity index is 0.00000625. The lowest BCUT2D eigenvalue weighted by Crippen LogP contribution is -2.46. The summed E-state index contributed by atoms with van der Waals surface area (Å²) in [6.07, 6.45) is 0. The van der Waals surface area contributed by atoms with E-state index in [1.807, 2.05) is 13.8 Å². The van der Waals surface area contributed by atoms with E-state index in [-0.39, 0.29) is 44.0 Å². The third-order valence-electron chi connectivity index (χ3n) is 3.22. The van der Waals surface area contributed by atoms with Crippen LogP contribution in [0.25, 0.3) is 0 Å². The Morgan fingerprint density at radius 2 is 1.92 bits per heavy atom. The minimum Gasteiger partial charge on any atom is -0.482 e. The van der Waals surface area contributed by atoms with Crippen molar-refractivity contribution in [2.75, 3.05) is 25.1 Å². The highest BCUT2D eigenvalue weighted by Crippen LogP contribution is 2.17. The van der Waals surface area contributed by atoms with Gasteiger partial charge in [0.15, 0.2) is 6.61 Å². The zero-order valence-electron chi connectivity index (χ0n) is 15.1. The lowest BCUT2D eigenvalue weighted by molar-refractivity contribution is -0.145. The number of carbonyl (C=O) groups excluding carboxylic acids is 3. The van der Waals surface area contributed by atoms with Crippen molar-refractivity contribution in [2.24, 2.45) is 11.7 Å². The lowest BCUT2D eigenvalue weighted by atomic mass is 10.1. The average Bonchev–Trinajstić information content (AvgIpc) is 2.57. The number of halogens is 1. The van der Waals surface area contributed by atoms with Gasteiger partial charge in [0, 0.05) is 11.8 Å². The predicted molar refractivity (Wildman–Crippen MR) is 100 cm³/mol. The highest BCUT2D eigenvalue weighted by molar-refractivity contribution is 5.95. The number of amides is 2. The van der Waals surface area contributed by atoms with Crippen molar-refractivity contribution in [2.45, 2.75) is 26.8 Å². The third-order valence-corrected chi connectivity index (χ3v) is 3.22. The maximum Gasteiger partial charge on any atom is 0.344 e. The second kappa shape index (κ2) is 12.1. The van der Waals surface area contributed by atoms with Crippen molar-refractivity contribution >= 4 is 35.9 Å². The van der Waals surface area contributed by atoms with Crippen molar-refractivity contribution in [3.63, 3.8) is 0 Å². The van der Waals surface area contributed by atoms with Gasteiger partial charge in [-0.3, -0.25) is 9.59 Å². The molecule has 0 spiro atoms. The number of hydrogen-bond donors (Lipinski definition) is 3. The average molecular weight is 388 g/mol. The van der Waals surface area contributed by atoms with Gasteiger partial charge in [-0.2, -0.15) is 0 Å². The van der Waals surface area contributed by atoms with Crippen LogP contribution < -0.4 is 21.1 Å². The van der Waals surface area contributed by atoms with Gasteiger partial charge < -0.3 is 25.8 Å². The van der Waals surface area contributed by atoms with Crippen LogP contribution in [0.4, 0.5) is 5.69 Å². The lowest BCUT2D eigenvalue weighted by Gasteiger charge is -2.15. The first-order chi connectivity index (χ1) is 11.8. The molecule has 0 unspecified atom stereocenters. The van der Waals surface area contributed by atoms with Gasteiger partial charge in [0.2, 0.25) is 11.8 Å². The molecule has 8 nitrogen and oxygen atoms in total. The van der Waals surface area contributed by atoms with E-state index in [1.54, 1.807) is 31.2 Å². The number of esters is 1. The predicted octanol–water partition coefficient (Wildman–Crippen LogP) is 1.09. The molecule has 0 bridgehead atoms. The van der Waals surface area contributed by atoms with Gasteiger partial charge in [-0.25, -0.2) is 4.79 Å². The quantitative estimate of drug-likeness (QED) is 0.545. The number of nitrogens with two attached hydrogens (primary N) is 1. The molecule has 26 heavy (non-hydrogen) atoms. The van der Waals surface area contributed by atoms with Crippen molar-refractivity contribution in [1.82, 2.24) is 5.32 Å². The van der Waals surface area contributed by atoms with Crippen LogP contribution in [0.15, 0.2) is 24.3 Å². The summed E-state index contributed by atoms with van der Waals surface area (Å²) in [4.78, 5) is 34.9. The minimum absolute atomic E-state index is 0. The molecule has 1 aromatic carbocycles. The van der Waals surface area contributed by atoms with E-state index in [0.29, 0.717) is 11.4 Å². The van der Waals surface area contributed by atoms with Gasteiger partial charge in [0.25, 0.3) is 0 Å². The molecule has 0 radical (unpaired) electrons. The van der Waals surface area contributed by atoms with Gasteiger partial charge in [-0.05, 0) is 25.0 Å². The van der Waals surface area contributed by atoms with E-state index in [0.717, 1.165) is 0 Å². The summed E-state index contributed by atoms with van der Waals surface area (Å²) in [5.41, 5.74) is 6.18. The van der Waals surface area contributed by atoms with Gasteiger partial charge >= 0.3 is 5.97 Å². The first-order valence-corrected chi connectivity index (χ1v) is 8.05. The molecule has 9 heteroatoms. The van der Waals surface area contributed by atoms with E-state index in [9.17, 15) is 14.4 Å². The van der Waals surface area contributed by atoms with Crippen LogP contribution in [0.3, 0.4) is 0 Å². The highest BCUT2D eigenvalue weighted by atomic mass is 35.5. The zero-order chi connectivity index (χ0) is 18.8. The maximum atomic E-state index is 11.9. The number of ether oxygens (including phenoxy) is 2. The molecule has 0 heterocycles. The van der Waals surface area contributed by atoms with Crippen LogP contribution >= 0.6 is 12.4 Å². The highest BCUT2D eigenvalue weighted by Gasteiger charge is 2.17. The largest absolute Gasteiger partial charge is 0.482 e. The molecule has 0 aliphatic rings. The minimum atomic E-state index is -0.660. The van der Waals surface area contributed by atoms with Crippen LogP contribution in [0.5, 0.6) is 5.75 Å². The molecule has 1 rings (SSSR count). The maximum absolute atomic E-state index is 11.9. The van der Waals surface area contributed by atoms with E-state index in [1.165, 1.54) is 0 Å². The fraction of sp³-hybridized carbons (Fsp3) is 0.471. The summed E-state index contributed by atoms with van der Waals surface area (Å²) in [7, 11) is 0. The topological polar surface area (TPSA) is 120 Å². The second-order valence-electron chi connectivity index (χ2n) is 5.66. The van der Waals surface area contributed by atoms with Gasteiger partial charge in [0.05, 0.1) is 19.2 Å².